The van der Waals surface area contributed by atoms with Crippen molar-refractivity contribution in [3.8, 4) is 0 Å². The van der Waals surface area contributed by atoms with E-state index in [9.17, 15) is 0 Å². The van der Waals surface area contributed by atoms with Crippen LogP contribution in [0.4, 0.5) is 0 Å². The Hall–Kier alpha value is -0.280. The molecule has 1 aromatic carbocycles. The summed E-state index contributed by atoms with van der Waals surface area (Å²) in [5, 5.41) is 8.43. The lowest BCUT2D eigenvalue weighted by Crippen LogP contribution is -2.58. The van der Waals surface area contributed by atoms with Crippen LogP contribution in [0, 0.1) is 0 Å². The van der Waals surface area contributed by atoms with Gasteiger partial charge in [-0.05, 0) is 69.3 Å². The Morgan fingerprint density at radius 2 is 1.90 bits per heavy atom. The van der Waals surface area contributed by atoms with Crippen LogP contribution in [0.1, 0.15) is 37.7 Å². The minimum Gasteiger partial charge on any atom is -0.381 e. The fourth-order valence-corrected chi connectivity index (χ4v) is 4.73. The molecule has 0 atom stereocenters. The molecular weight excluding hydrogens is 522 g/mol. The van der Waals surface area contributed by atoms with Crippen LogP contribution in [-0.4, -0.2) is 62.8 Å². The van der Waals surface area contributed by atoms with Crippen LogP contribution >= 0.6 is 47.2 Å². The van der Waals surface area contributed by atoms with Gasteiger partial charge in [-0.25, -0.2) is 0 Å². The monoisotopic (exact) mass is 554 g/mol. The van der Waals surface area contributed by atoms with Gasteiger partial charge in [0.2, 0.25) is 0 Å². The second kappa shape index (κ2) is 12.5. The molecule has 0 bridgehead atoms. The smallest absolute Gasteiger partial charge is 0.191 e. The molecule has 2 heterocycles. The maximum atomic E-state index is 6.26. The lowest BCUT2D eigenvalue weighted by molar-refractivity contribution is -0.0164. The molecular formula is C21H33Cl2IN4O. The standard InChI is InChI=1S/C21H32Cl2N4O.HI/c1-24-20(25-10-4-5-17-6-7-18(22)15-19(17)23)26-16-21(8-13-28-14-9-21)27-11-2-3-12-27;/h6-7,15H,2-5,8-14,16H2,1H3,(H2,24,25,26);1H. The third kappa shape index (κ3) is 7.13. The first-order valence-corrected chi connectivity index (χ1v) is 11.1. The van der Waals surface area contributed by atoms with E-state index >= 15 is 0 Å². The highest BCUT2D eigenvalue weighted by molar-refractivity contribution is 14.0. The topological polar surface area (TPSA) is 48.9 Å². The number of nitrogens with one attached hydrogen (secondary N) is 2. The molecule has 0 amide bonds. The number of guanidine groups is 1. The third-order valence-electron chi connectivity index (χ3n) is 5.94. The molecule has 3 rings (SSSR count). The fraction of sp³-hybridized carbons (Fsp3) is 0.667. The van der Waals surface area contributed by atoms with E-state index in [-0.39, 0.29) is 29.5 Å². The molecule has 0 radical (unpaired) electrons. The zero-order valence-corrected chi connectivity index (χ0v) is 21.0. The predicted molar refractivity (Wildman–Crippen MR) is 133 cm³/mol. The van der Waals surface area contributed by atoms with Crippen molar-refractivity contribution in [2.45, 2.75) is 44.1 Å². The number of ether oxygens (including phenoxy) is 1. The predicted octanol–water partition coefficient (Wildman–Crippen LogP) is 4.35. The van der Waals surface area contributed by atoms with Gasteiger partial charge in [0.15, 0.2) is 5.96 Å². The van der Waals surface area contributed by atoms with Crippen molar-refractivity contribution < 1.29 is 4.74 Å². The van der Waals surface area contributed by atoms with Crippen LogP contribution in [0.5, 0.6) is 0 Å². The van der Waals surface area contributed by atoms with E-state index < -0.39 is 0 Å². The van der Waals surface area contributed by atoms with Crippen LogP contribution < -0.4 is 10.6 Å². The Kier molecular flexibility index (Phi) is 10.8. The summed E-state index contributed by atoms with van der Waals surface area (Å²) >= 11 is 12.2. The highest BCUT2D eigenvalue weighted by Gasteiger charge is 2.39. The van der Waals surface area contributed by atoms with Crippen LogP contribution in [0.3, 0.4) is 0 Å². The molecule has 2 fully saturated rings. The van der Waals surface area contributed by atoms with Gasteiger partial charge in [-0.1, -0.05) is 29.3 Å². The number of nitrogens with zero attached hydrogens (tertiary/aromatic N) is 2. The molecule has 2 saturated heterocycles. The number of benzene rings is 1. The van der Waals surface area contributed by atoms with Crippen LogP contribution in [0.2, 0.25) is 10.0 Å². The molecule has 5 nitrogen and oxygen atoms in total. The average molecular weight is 555 g/mol. The summed E-state index contributed by atoms with van der Waals surface area (Å²) < 4.78 is 5.64. The molecule has 0 saturated carbocycles. The Labute approximate surface area is 202 Å². The minimum atomic E-state index is 0. The molecule has 0 unspecified atom stereocenters. The van der Waals surface area contributed by atoms with E-state index in [0.29, 0.717) is 5.02 Å². The van der Waals surface area contributed by atoms with Crippen LogP contribution in [0.15, 0.2) is 23.2 Å². The third-order valence-corrected chi connectivity index (χ3v) is 6.53. The quantitative estimate of drug-likeness (QED) is 0.228. The molecule has 164 valence electrons. The largest absolute Gasteiger partial charge is 0.381 e. The minimum absolute atomic E-state index is 0. The molecule has 0 spiro atoms. The van der Waals surface area contributed by atoms with Gasteiger partial charge in [0.25, 0.3) is 0 Å². The van der Waals surface area contributed by atoms with Crippen molar-refractivity contribution in [2.75, 3.05) is 46.4 Å². The van der Waals surface area contributed by atoms with Gasteiger partial charge >= 0.3 is 0 Å². The number of hydrogen-bond donors (Lipinski definition) is 2. The van der Waals surface area contributed by atoms with E-state index in [2.05, 4.69) is 20.5 Å². The van der Waals surface area contributed by atoms with Crippen LogP contribution in [-0.2, 0) is 11.2 Å². The maximum Gasteiger partial charge on any atom is 0.191 e. The van der Waals surface area contributed by atoms with Gasteiger partial charge in [0.1, 0.15) is 0 Å². The van der Waals surface area contributed by atoms with Crippen molar-refractivity contribution in [3.63, 3.8) is 0 Å². The molecule has 0 aliphatic carbocycles. The normalized spacial score (nSPS) is 19.6. The number of rotatable bonds is 7. The van der Waals surface area contributed by atoms with Gasteiger partial charge in [-0.3, -0.25) is 9.89 Å². The van der Waals surface area contributed by atoms with Crippen molar-refractivity contribution >= 4 is 53.1 Å². The molecule has 2 aliphatic heterocycles. The summed E-state index contributed by atoms with van der Waals surface area (Å²) in [5.74, 6) is 0.868. The fourth-order valence-electron chi connectivity index (χ4n) is 4.23. The molecule has 29 heavy (non-hydrogen) atoms. The lowest BCUT2D eigenvalue weighted by atomic mass is 9.88. The van der Waals surface area contributed by atoms with Gasteiger partial charge in [-0.15, -0.1) is 24.0 Å². The highest BCUT2D eigenvalue weighted by atomic mass is 127. The van der Waals surface area contributed by atoms with E-state index in [4.69, 9.17) is 27.9 Å². The molecule has 2 N–H and O–H groups in total. The van der Waals surface area contributed by atoms with Gasteiger partial charge < -0.3 is 15.4 Å². The number of likely N-dealkylation sites (tertiary alicyclic amines) is 1. The molecule has 2 aliphatic rings. The summed E-state index contributed by atoms with van der Waals surface area (Å²) in [7, 11) is 1.83. The van der Waals surface area contributed by atoms with Crippen molar-refractivity contribution in [2.24, 2.45) is 4.99 Å². The Bertz CT molecular complexity index is 662. The summed E-state index contributed by atoms with van der Waals surface area (Å²) in [6, 6.07) is 5.70. The van der Waals surface area contributed by atoms with E-state index in [0.717, 1.165) is 68.5 Å². The Morgan fingerprint density at radius 1 is 1.17 bits per heavy atom. The second-order valence-corrected chi connectivity index (χ2v) is 8.57. The zero-order valence-electron chi connectivity index (χ0n) is 17.2. The maximum absolute atomic E-state index is 6.26. The van der Waals surface area contributed by atoms with Crippen LogP contribution in [0.25, 0.3) is 0 Å². The Balaban J connectivity index is 0.00000300. The van der Waals surface area contributed by atoms with Crippen molar-refractivity contribution in [3.05, 3.63) is 33.8 Å². The molecule has 1 aromatic rings. The number of hydrogen-bond acceptors (Lipinski definition) is 3. The zero-order chi connectivity index (χ0) is 19.8. The number of aryl methyl sites for hydroxylation is 1. The van der Waals surface area contributed by atoms with E-state index in [1.807, 2.05) is 19.2 Å². The number of halogens is 3. The molecule has 8 heteroatoms. The first kappa shape index (κ1) is 25.0. The summed E-state index contributed by atoms with van der Waals surface area (Å²) in [6.07, 6.45) is 6.69. The SMILES string of the molecule is CN=C(NCCCc1ccc(Cl)cc1Cl)NCC1(N2CCCC2)CCOCC1.I. The van der Waals surface area contributed by atoms with Gasteiger partial charge in [0, 0.05) is 48.9 Å². The first-order chi connectivity index (χ1) is 13.6. The van der Waals surface area contributed by atoms with E-state index in [1.165, 1.54) is 25.9 Å². The summed E-state index contributed by atoms with van der Waals surface area (Å²) in [5.41, 5.74) is 1.33. The second-order valence-electron chi connectivity index (χ2n) is 7.72. The summed E-state index contributed by atoms with van der Waals surface area (Å²) in [4.78, 5) is 7.07. The molecule has 0 aromatic heterocycles. The van der Waals surface area contributed by atoms with E-state index in [1.54, 1.807) is 6.07 Å². The summed E-state index contributed by atoms with van der Waals surface area (Å²) in [6.45, 7) is 5.88. The van der Waals surface area contributed by atoms with Gasteiger partial charge in [0.05, 0.1) is 0 Å². The number of aliphatic imine (C=N–C) groups is 1. The highest BCUT2D eigenvalue weighted by Crippen LogP contribution is 2.30. The van der Waals surface area contributed by atoms with Crippen molar-refractivity contribution in [1.29, 1.82) is 0 Å². The van der Waals surface area contributed by atoms with Gasteiger partial charge in [-0.2, -0.15) is 0 Å². The van der Waals surface area contributed by atoms with Crippen molar-refractivity contribution in [1.82, 2.24) is 15.5 Å². The Morgan fingerprint density at radius 3 is 2.55 bits per heavy atom. The lowest BCUT2D eigenvalue weighted by Gasteiger charge is -2.45. The first-order valence-electron chi connectivity index (χ1n) is 10.3. The average Bonchev–Trinajstić information content (AvgIpc) is 3.25.